The third-order valence-corrected chi connectivity index (χ3v) is 1.94. The summed E-state index contributed by atoms with van der Waals surface area (Å²) in [5.74, 6) is 0.612. The molecular weight excluding hydrogens is 184 g/mol. The molecule has 1 aromatic rings. The van der Waals surface area contributed by atoms with E-state index in [9.17, 15) is 0 Å². The Hall–Kier alpha value is -0.860. The Kier molecular flexibility index (Phi) is 5.22. The fraction of sp³-hybridized carbons (Fsp3) is 0.300. The third-order valence-electron chi connectivity index (χ3n) is 1.63. The summed E-state index contributed by atoms with van der Waals surface area (Å²) in [5, 5.41) is 2.07. The zero-order valence-corrected chi connectivity index (χ0v) is 8.24. The molecule has 2 rings (SSSR count). The van der Waals surface area contributed by atoms with Crippen molar-refractivity contribution < 1.29 is 5.32 Å². The average molecular weight is 198 g/mol. The maximum absolute atomic E-state index is 5.53. The summed E-state index contributed by atoms with van der Waals surface area (Å²) in [6.45, 7) is 2.17. The number of hydrogen-bond acceptors (Lipinski definition) is 1. The predicted octanol–water partition coefficient (Wildman–Crippen LogP) is 1.02. The highest BCUT2D eigenvalue weighted by atomic mass is 35.5. The number of halogens is 1. The maximum Gasteiger partial charge on any atom is 0.182 e. The molecule has 70 valence electrons. The number of rotatable bonds is 1. The molecule has 0 spiro atoms. The van der Waals surface area contributed by atoms with Crippen molar-refractivity contribution in [2.24, 2.45) is 4.99 Å². The van der Waals surface area contributed by atoms with Gasteiger partial charge in [0.1, 0.15) is 6.54 Å². The minimum Gasteiger partial charge on any atom is -0.303 e. The minimum absolute atomic E-state index is 0.612. The normalized spacial score (nSPS) is 13.6. The molecule has 0 saturated heterocycles. The topological polar surface area (TPSA) is 29.0 Å². The van der Waals surface area contributed by atoms with E-state index in [0.717, 1.165) is 13.1 Å². The second-order valence-corrected chi connectivity index (χ2v) is 2.97. The van der Waals surface area contributed by atoms with Crippen molar-refractivity contribution in [3.8, 4) is 0 Å². The molecule has 0 saturated carbocycles. The Morgan fingerprint density at radius 1 is 1.31 bits per heavy atom. The molecule has 0 radical (unpaired) electrons. The van der Waals surface area contributed by atoms with Gasteiger partial charge in [-0.1, -0.05) is 30.3 Å². The lowest BCUT2D eigenvalue weighted by Crippen LogP contribution is -2.80. The van der Waals surface area contributed by atoms with Gasteiger partial charge in [0.15, 0.2) is 6.34 Å². The molecule has 3 heteroatoms. The van der Waals surface area contributed by atoms with Crippen molar-refractivity contribution in [1.29, 1.82) is 0 Å². The molecule has 0 aliphatic carbocycles. The molecular formula is C10H14ClN2+. The van der Waals surface area contributed by atoms with Crippen LogP contribution in [0.25, 0.3) is 0 Å². The van der Waals surface area contributed by atoms with E-state index >= 15 is 0 Å². The summed E-state index contributed by atoms with van der Waals surface area (Å²) in [4.78, 5) is 3.90. The van der Waals surface area contributed by atoms with Gasteiger partial charge in [-0.3, -0.25) is 0 Å². The number of aliphatic imine (C=N–C) groups is 1. The Balaban J connectivity index is 0.000000145. The number of nitrogens with two attached hydrogens (primary N) is 1. The first-order valence-corrected chi connectivity index (χ1v) is 4.88. The molecule has 1 aliphatic heterocycles. The van der Waals surface area contributed by atoms with Gasteiger partial charge >= 0.3 is 0 Å². The second-order valence-electron chi connectivity index (χ2n) is 2.70. The third kappa shape index (κ3) is 4.65. The van der Waals surface area contributed by atoms with Crippen LogP contribution in [-0.4, -0.2) is 19.4 Å². The van der Waals surface area contributed by atoms with Gasteiger partial charge in [-0.15, -0.1) is 11.6 Å². The smallest absolute Gasteiger partial charge is 0.182 e. The monoisotopic (exact) mass is 197 g/mol. The van der Waals surface area contributed by atoms with E-state index in [1.54, 1.807) is 0 Å². The van der Waals surface area contributed by atoms with Crippen LogP contribution in [-0.2, 0) is 5.88 Å². The summed E-state index contributed by atoms with van der Waals surface area (Å²) in [6, 6.07) is 9.96. The van der Waals surface area contributed by atoms with Crippen LogP contribution in [0.3, 0.4) is 0 Å². The first kappa shape index (κ1) is 10.2. The van der Waals surface area contributed by atoms with Crippen LogP contribution >= 0.6 is 11.6 Å². The lowest BCUT2D eigenvalue weighted by Gasteiger charge is -1.88. The van der Waals surface area contributed by atoms with Crippen LogP contribution < -0.4 is 5.32 Å². The van der Waals surface area contributed by atoms with Crippen LogP contribution in [0.1, 0.15) is 5.56 Å². The van der Waals surface area contributed by atoms with Crippen molar-refractivity contribution in [2.45, 2.75) is 5.88 Å². The first-order chi connectivity index (χ1) is 6.43. The molecule has 1 aliphatic rings. The van der Waals surface area contributed by atoms with Crippen molar-refractivity contribution in [3.63, 3.8) is 0 Å². The van der Waals surface area contributed by atoms with Crippen molar-refractivity contribution >= 4 is 17.9 Å². The van der Waals surface area contributed by atoms with Gasteiger partial charge in [-0.05, 0) is 5.56 Å². The molecule has 1 heterocycles. The molecule has 1 aromatic carbocycles. The zero-order valence-electron chi connectivity index (χ0n) is 7.49. The van der Waals surface area contributed by atoms with Crippen LogP contribution in [0.15, 0.2) is 35.3 Å². The molecule has 0 amide bonds. The predicted molar refractivity (Wildman–Crippen MR) is 56.2 cm³/mol. The molecule has 0 atom stereocenters. The summed E-state index contributed by atoms with van der Waals surface area (Å²) in [7, 11) is 0. The lowest BCUT2D eigenvalue weighted by molar-refractivity contribution is -0.518. The summed E-state index contributed by atoms with van der Waals surface area (Å²) >= 11 is 5.53. The van der Waals surface area contributed by atoms with Crippen LogP contribution in [0.2, 0.25) is 0 Å². The van der Waals surface area contributed by atoms with E-state index in [-0.39, 0.29) is 0 Å². The molecule has 0 unspecified atom stereocenters. The number of alkyl halides is 1. The van der Waals surface area contributed by atoms with Gasteiger partial charge in [0.25, 0.3) is 0 Å². The van der Waals surface area contributed by atoms with Gasteiger partial charge < -0.3 is 5.32 Å². The maximum atomic E-state index is 5.53. The molecule has 0 fully saturated rings. The van der Waals surface area contributed by atoms with Gasteiger partial charge in [0.2, 0.25) is 0 Å². The van der Waals surface area contributed by atoms with E-state index in [2.05, 4.69) is 10.3 Å². The lowest BCUT2D eigenvalue weighted by atomic mass is 10.2. The molecule has 0 aromatic heterocycles. The highest BCUT2D eigenvalue weighted by Crippen LogP contribution is 2.00. The number of nitrogens with zero attached hydrogens (tertiary/aromatic N) is 1. The largest absolute Gasteiger partial charge is 0.303 e. The van der Waals surface area contributed by atoms with Crippen LogP contribution in [0.5, 0.6) is 0 Å². The zero-order chi connectivity index (χ0) is 9.36. The van der Waals surface area contributed by atoms with Gasteiger partial charge in [0.05, 0.1) is 6.54 Å². The van der Waals surface area contributed by atoms with Crippen molar-refractivity contribution in [2.75, 3.05) is 13.1 Å². The average Bonchev–Trinajstić information content (AvgIpc) is 2.77. The standard InChI is InChI=1S/C7H7Cl.C3H6N2/c8-6-7-4-2-1-3-5-7;1-2-5-3-4-1/h1-5H,6H2;3H,1-2H2,(H,4,5)/p+1. The molecule has 2 N–H and O–H groups in total. The van der Waals surface area contributed by atoms with Crippen LogP contribution in [0.4, 0.5) is 0 Å². The fourth-order valence-corrected chi connectivity index (χ4v) is 1.12. The molecule has 13 heavy (non-hydrogen) atoms. The SMILES string of the molecule is C1=NCC[NH2+]1.ClCc1ccccc1. The summed E-state index contributed by atoms with van der Waals surface area (Å²) < 4.78 is 0. The van der Waals surface area contributed by atoms with E-state index in [1.807, 2.05) is 36.7 Å². The van der Waals surface area contributed by atoms with E-state index in [4.69, 9.17) is 11.6 Å². The van der Waals surface area contributed by atoms with Gasteiger partial charge in [-0.25, -0.2) is 4.99 Å². The Bertz CT molecular complexity index is 240. The van der Waals surface area contributed by atoms with Crippen molar-refractivity contribution in [3.05, 3.63) is 35.9 Å². The quantitative estimate of drug-likeness (QED) is 0.652. The minimum atomic E-state index is 0.612. The number of hydrogen-bond donors (Lipinski definition) is 1. The second kappa shape index (κ2) is 6.63. The highest BCUT2D eigenvalue weighted by molar-refractivity contribution is 6.17. The van der Waals surface area contributed by atoms with Gasteiger partial charge in [0, 0.05) is 5.88 Å². The Labute approximate surface area is 83.6 Å². The Morgan fingerprint density at radius 2 is 2.08 bits per heavy atom. The number of quaternary nitrogens is 1. The number of benzene rings is 1. The summed E-state index contributed by atoms with van der Waals surface area (Å²) in [6.07, 6.45) is 1.86. The molecule has 0 bridgehead atoms. The summed E-state index contributed by atoms with van der Waals surface area (Å²) in [5.41, 5.74) is 1.18. The first-order valence-electron chi connectivity index (χ1n) is 4.35. The molecule has 2 nitrogen and oxygen atoms in total. The van der Waals surface area contributed by atoms with E-state index in [1.165, 1.54) is 5.56 Å². The highest BCUT2D eigenvalue weighted by Gasteiger charge is 1.88. The van der Waals surface area contributed by atoms with Crippen LogP contribution in [0, 0.1) is 0 Å². The van der Waals surface area contributed by atoms with E-state index < -0.39 is 0 Å². The van der Waals surface area contributed by atoms with Crippen molar-refractivity contribution in [1.82, 2.24) is 0 Å². The fourth-order valence-electron chi connectivity index (χ4n) is 0.940. The van der Waals surface area contributed by atoms with Gasteiger partial charge in [-0.2, -0.15) is 0 Å². The van der Waals surface area contributed by atoms with E-state index in [0.29, 0.717) is 5.88 Å². The Morgan fingerprint density at radius 3 is 2.38 bits per heavy atom.